The van der Waals surface area contributed by atoms with E-state index in [9.17, 15) is 18.3 Å². The van der Waals surface area contributed by atoms with Gasteiger partial charge in [-0.15, -0.1) is 0 Å². The minimum Gasteiger partial charge on any atom is -0.389 e. The van der Waals surface area contributed by atoms with Gasteiger partial charge < -0.3 is 19.9 Å². The van der Waals surface area contributed by atoms with E-state index < -0.39 is 28.3 Å². The molecular formula is C22H31ClN2O6S. The molecule has 0 radical (unpaired) electrons. The van der Waals surface area contributed by atoms with Gasteiger partial charge in [0.15, 0.2) is 0 Å². The maximum atomic E-state index is 13.5. The van der Waals surface area contributed by atoms with Crippen molar-refractivity contribution in [2.45, 2.75) is 80.2 Å². The summed E-state index contributed by atoms with van der Waals surface area (Å²) in [5.41, 5.74) is 0. The van der Waals surface area contributed by atoms with Crippen LogP contribution in [0.15, 0.2) is 29.2 Å². The van der Waals surface area contributed by atoms with Crippen LogP contribution < -0.4 is 5.32 Å². The van der Waals surface area contributed by atoms with Crippen LogP contribution in [0.1, 0.15) is 44.9 Å². The minimum absolute atomic E-state index is 0.0149. The molecular weight excluding hydrogens is 456 g/mol. The summed E-state index contributed by atoms with van der Waals surface area (Å²) in [5.74, 6) is -0.0223. The third kappa shape index (κ3) is 5.63. The van der Waals surface area contributed by atoms with Gasteiger partial charge in [0.1, 0.15) is 0 Å². The SMILES string of the molecule is O=C(C[C@H]1CC[C@H]2[C@@H](COC[C@H](O)CN2S(=O)(=O)c2cccc(Cl)c2)O1)NC1CCCC1. The van der Waals surface area contributed by atoms with Crippen LogP contribution in [-0.4, -0.2) is 73.9 Å². The van der Waals surface area contributed by atoms with E-state index in [1.165, 1.54) is 16.4 Å². The van der Waals surface area contributed by atoms with E-state index in [1.54, 1.807) is 12.1 Å². The number of rotatable bonds is 5. The second-order valence-electron chi connectivity index (χ2n) is 8.92. The Kier molecular flexibility index (Phi) is 7.74. The lowest BCUT2D eigenvalue weighted by Gasteiger charge is -2.43. The van der Waals surface area contributed by atoms with Gasteiger partial charge in [-0.05, 0) is 43.9 Å². The summed E-state index contributed by atoms with van der Waals surface area (Å²) in [7, 11) is -3.91. The molecule has 2 heterocycles. The summed E-state index contributed by atoms with van der Waals surface area (Å²) in [6, 6.07) is 5.87. The minimum atomic E-state index is -3.91. The highest BCUT2D eigenvalue weighted by atomic mass is 35.5. The average Bonchev–Trinajstić information content (AvgIpc) is 3.24. The van der Waals surface area contributed by atoms with Crippen LogP contribution in [-0.2, 0) is 24.3 Å². The van der Waals surface area contributed by atoms with Crippen molar-refractivity contribution in [1.29, 1.82) is 0 Å². The number of nitrogens with zero attached hydrogens (tertiary/aromatic N) is 1. The van der Waals surface area contributed by atoms with Gasteiger partial charge in [0.05, 0.1) is 48.9 Å². The molecule has 2 N–H and O–H groups in total. The number of ether oxygens (including phenoxy) is 2. The van der Waals surface area contributed by atoms with E-state index in [1.807, 2.05) is 0 Å². The number of nitrogens with one attached hydrogen (secondary N) is 1. The fourth-order valence-corrected chi connectivity index (χ4v) is 6.92. The van der Waals surface area contributed by atoms with Crippen molar-refractivity contribution in [1.82, 2.24) is 9.62 Å². The topological polar surface area (TPSA) is 105 Å². The number of sulfonamides is 1. The number of fused-ring (bicyclic) bond motifs is 1. The molecule has 2 aliphatic heterocycles. The number of benzene rings is 1. The van der Waals surface area contributed by atoms with E-state index >= 15 is 0 Å². The van der Waals surface area contributed by atoms with E-state index in [0.717, 1.165) is 25.7 Å². The zero-order chi connectivity index (χ0) is 22.7. The van der Waals surface area contributed by atoms with Crippen LogP contribution in [0.3, 0.4) is 0 Å². The van der Waals surface area contributed by atoms with Crippen molar-refractivity contribution in [3.05, 3.63) is 29.3 Å². The van der Waals surface area contributed by atoms with E-state index in [4.69, 9.17) is 21.1 Å². The molecule has 8 nitrogen and oxygen atoms in total. The fraction of sp³-hybridized carbons (Fsp3) is 0.682. The van der Waals surface area contributed by atoms with Gasteiger partial charge in [-0.3, -0.25) is 4.79 Å². The Labute approximate surface area is 194 Å². The standard InChI is InChI=1S/C22H31ClN2O6S/c23-15-4-3-7-19(10-15)32(28,29)25-12-17(26)13-30-14-21-20(25)9-8-18(31-21)11-22(27)24-16-5-1-2-6-16/h3-4,7,10,16-18,20-21,26H,1-2,5-6,8-9,11-14H2,(H,24,27)/t17-,18-,20+,21-/m1/s1. The number of aliphatic hydroxyl groups excluding tert-OH is 1. The Morgan fingerprint density at radius 1 is 1.19 bits per heavy atom. The average molecular weight is 487 g/mol. The molecule has 1 amide bonds. The quantitative estimate of drug-likeness (QED) is 0.660. The van der Waals surface area contributed by atoms with Crippen molar-refractivity contribution >= 4 is 27.5 Å². The summed E-state index contributed by atoms with van der Waals surface area (Å²) >= 11 is 6.03. The molecule has 178 valence electrons. The third-order valence-electron chi connectivity index (χ3n) is 6.47. The zero-order valence-corrected chi connectivity index (χ0v) is 19.6. The van der Waals surface area contributed by atoms with Gasteiger partial charge in [0, 0.05) is 17.6 Å². The molecule has 1 aromatic rings. The summed E-state index contributed by atoms with van der Waals surface area (Å²) < 4.78 is 40.0. The Balaban J connectivity index is 1.48. The van der Waals surface area contributed by atoms with Crippen LogP contribution >= 0.6 is 11.6 Å². The third-order valence-corrected chi connectivity index (χ3v) is 8.59. The molecule has 0 unspecified atom stereocenters. The largest absolute Gasteiger partial charge is 0.389 e. The summed E-state index contributed by atoms with van der Waals surface area (Å²) in [5, 5.41) is 13.7. The van der Waals surface area contributed by atoms with Crippen LogP contribution in [0, 0.1) is 0 Å². The normalized spacial score (nSPS) is 30.3. The first-order chi connectivity index (χ1) is 15.3. The fourth-order valence-electron chi connectivity index (χ4n) is 4.90. The lowest BCUT2D eigenvalue weighted by Crippen LogP contribution is -2.57. The molecule has 3 fully saturated rings. The second-order valence-corrected chi connectivity index (χ2v) is 11.2. The van der Waals surface area contributed by atoms with Crippen molar-refractivity contribution in [2.75, 3.05) is 19.8 Å². The predicted octanol–water partition coefficient (Wildman–Crippen LogP) is 2.09. The molecule has 1 saturated carbocycles. The van der Waals surface area contributed by atoms with Crippen molar-refractivity contribution in [2.24, 2.45) is 0 Å². The number of amides is 1. The Hall–Kier alpha value is -1.23. The van der Waals surface area contributed by atoms with Gasteiger partial charge in [0.25, 0.3) is 0 Å². The van der Waals surface area contributed by atoms with Gasteiger partial charge in [-0.1, -0.05) is 30.5 Å². The zero-order valence-electron chi connectivity index (χ0n) is 18.0. The van der Waals surface area contributed by atoms with Gasteiger partial charge in [-0.25, -0.2) is 8.42 Å². The van der Waals surface area contributed by atoms with Crippen LogP contribution in [0.4, 0.5) is 0 Å². The maximum Gasteiger partial charge on any atom is 0.243 e. The van der Waals surface area contributed by atoms with Gasteiger partial charge in [-0.2, -0.15) is 4.31 Å². The molecule has 32 heavy (non-hydrogen) atoms. The molecule has 1 aliphatic carbocycles. The Bertz CT molecular complexity index is 907. The predicted molar refractivity (Wildman–Crippen MR) is 119 cm³/mol. The number of β-amino-alcohol motifs (C(OH)–C–C–N with tert-alkyl or cyclic N) is 1. The number of hydrogen-bond acceptors (Lipinski definition) is 6. The molecule has 4 rings (SSSR count). The molecule has 0 bridgehead atoms. The second kappa shape index (κ2) is 10.4. The van der Waals surface area contributed by atoms with Gasteiger partial charge in [0.2, 0.25) is 15.9 Å². The van der Waals surface area contributed by atoms with Crippen LogP contribution in [0.2, 0.25) is 5.02 Å². The number of aliphatic hydroxyl groups is 1. The monoisotopic (exact) mass is 486 g/mol. The van der Waals surface area contributed by atoms with Crippen molar-refractivity contribution in [3.63, 3.8) is 0 Å². The highest BCUT2D eigenvalue weighted by molar-refractivity contribution is 7.89. The molecule has 0 aromatic heterocycles. The van der Waals surface area contributed by atoms with Gasteiger partial charge >= 0.3 is 0 Å². The first-order valence-electron chi connectivity index (χ1n) is 11.3. The summed E-state index contributed by atoms with van der Waals surface area (Å²) in [6.07, 6.45) is 3.91. The number of hydrogen-bond donors (Lipinski definition) is 2. The van der Waals surface area contributed by atoms with E-state index in [-0.39, 0.29) is 49.1 Å². The first-order valence-corrected chi connectivity index (χ1v) is 13.1. The summed E-state index contributed by atoms with van der Waals surface area (Å²) in [4.78, 5) is 12.5. The number of halogens is 1. The molecule has 2 saturated heterocycles. The lowest BCUT2D eigenvalue weighted by molar-refractivity contribution is -0.146. The van der Waals surface area contributed by atoms with Crippen molar-refractivity contribution < 1.29 is 27.8 Å². The highest BCUT2D eigenvalue weighted by Gasteiger charge is 2.43. The maximum absolute atomic E-state index is 13.5. The Morgan fingerprint density at radius 3 is 2.72 bits per heavy atom. The Morgan fingerprint density at radius 2 is 1.97 bits per heavy atom. The smallest absolute Gasteiger partial charge is 0.243 e. The lowest BCUT2D eigenvalue weighted by atomic mass is 9.96. The molecule has 1 aromatic carbocycles. The van der Waals surface area contributed by atoms with E-state index in [2.05, 4.69) is 5.32 Å². The molecule has 10 heteroatoms. The molecule has 4 atom stereocenters. The molecule has 3 aliphatic rings. The van der Waals surface area contributed by atoms with Crippen molar-refractivity contribution in [3.8, 4) is 0 Å². The summed E-state index contributed by atoms with van der Waals surface area (Å²) in [6.45, 7) is 0.0806. The van der Waals surface area contributed by atoms with Crippen LogP contribution in [0.25, 0.3) is 0 Å². The first kappa shape index (κ1) is 23.9. The molecule has 0 spiro atoms. The van der Waals surface area contributed by atoms with Crippen LogP contribution in [0.5, 0.6) is 0 Å². The van der Waals surface area contributed by atoms with E-state index in [0.29, 0.717) is 17.9 Å². The number of carbonyl (C=O) groups is 1. The number of carbonyl (C=O) groups excluding carboxylic acids is 1. The highest BCUT2D eigenvalue weighted by Crippen LogP contribution is 2.32.